The van der Waals surface area contributed by atoms with Crippen LogP contribution >= 0.6 is 0 Å². The first-order chi connectivity index (χ1) is 6.83. The molecule has 0 radical (unpaired) electrons. The normalized spacial score (nSPS) is 21.4. The van der Waals surface area contributed by atoms with Crippen LogP contribution in [0.3, 0.4) is 0 Å². The van der Waals surface area contributed by atoms with Crippen molar-refractivity contribution in [3.05, 3.63) is 0 Å². The van der Waals surface area contributed by atoms with Gasteiger partial charge in [-0.05, 0) is 25.7 Å². The molecule has 0 spiro atoms. The van der Waals surface area contributed by atoms with E-state index < -0.39 is 0 Å². The summed E-state index contributed by atoms with van der Waals surface area (Å²) < 4.78 is 5.48. The molecule has 0 N–H and O–H groups in total. The lowest BCUT2D eigenvalue weighted by atomic mass is 10.0. The van der Waals surface area contributed by atoms with E-state index in [1.54, 1.807) is 0 Å². The van der Waals surface area contributed by atoms with Crippen molar-refractivity contribution in [2.24, 2.45) is 0 Å². The molecular formula is C12H22O2. The smallest absolute Gasteiger partial charge is 0.133 e. The largest absolute Gasteiger partial charge is 0.378 e. The molecule has 1 saturated heterocycles. The van der Waals surface area contributed by atoms with Gasteiger partial charge in [0.15, 0.2) is 0 Å². The van der Waals surface area contributed by atoms with Gasteiger partial charge in [-0.25, -0.2) is 0 Å². The van der Waals surface area contributed by atoms with E-state index in [0.717, 1.165) is 38.7 Å². The Balaban J connectivity index is 1.96. The third kappa shape index (κ3) is 4.75. The molecule has 2 heteroatoms. The maximum absolute atomic E-state index is 11.4. The van der Waals surface area contributed by atoms with E-state index in [-0.39, 0.29) is 0 Å². The summed E-state index contributed by atoms with van der Waals surface area (Å²) in [6.45, 7) is 3.06. The van der Waals surface area contributed by atoms with Crippen molar-refractivity contribution in [1.82, 2.24) is 0 Å². The fraction of sp³-hybridized carbons (Fsp3) is 0.917. The van der Waals surface area contributed by atoms with E-state index in [2.05, 4.69) is 6.92 Å². The molecule has 0 bridgehead atoms. The van der Waals surface area contributed by atoms with E-state index in [9.17, 15) is 4.79 Å². The second-order valence-electron chi connectivity index (χ2n) is 4.17. The average molecular weight is 198 g/mol. The number of rotatable bonds is 7. The van der Waals surface area contributed by atoms with Crippen molar-refractivity contribution >= 4 is 5.78 Å². The Morgan fingerprint density at radius 2 is 2.21 bits per heavy atom. The van der Waals surface area contributed by atoms with Crippen LogP contribution in [0, 0.1) is 0 Å². The molecule has 0 amide bonds. The van der Waals surface area contributed by atoms with Crippen molar-refractivity contribution in [3.8, 4) is 0 Å². The number of ether oxygens (including phenoxy) is 1. The molecule has 0 aromatic heterocycles. The summed E-state index contributed by atoms with van der Waals surface area (Å²) in [5.41, 5.74) is 0. The molecule has 0 aromatic carbocycles. The first kappa shape index (κ1) is 11.7. The number of carbonyl (C=O) groups is 1. The summed E-state index contributed by atoms with van der Waals surface area (Å²) in [6.07, 6.45) is 8.62. The second-order valence-corrected chi connectivity index (χ2v) is 4.17. The van der Waals surface area contributed by atoms with Crippen LogP contribution in [-0.2, 0) is 9.53 Å². The number of carbonyl (C=O) groups excluding carboxylic acids is 1. The molecular weight excluding hydrogens is 176 g/mol. The number of unbranched alkanes of at least 4 members (excludes halogenated alkanes) is 2. The van der Waals surface area contributed by atoms with Crippen molar-refractivity contribution in [1.29, 1.82) is 0 Å². The molecule has 1 fully saturated rings. The number of hydrogen-bond acceptors (Lipinski definition) is 2. The lowest BCUT2D eigenvalue weighted by Crippen LogP contribution is -2.08. The highest BCUT2D eigenvalue weighted by Gasteiger charge is 2.16. The summed E-state index contributed by atoms with van der Waals surface area (Å²) >= 11 is 0. The summed E-state index contributed by atoms with van der Waals surface area (Å²) in [5.74, 6) is 0.425. The zero-order valence-corrected chi connectivity index (χ0v) is 9.26. The Morgan fingerprint density at radius 1 is 1.36 bits per heavy atom. The Morgan fingerprint density at radius 3 is 2.86 bits per heavy atom. The van der Waals surface area contributed by atoms with Gasteiger partial charge in [0, 0.05) is 19.4 Å². The second kappa shape index (κ2) is 6.99. The summed E-state index contributed by atoms with van der Waals surface area (Å²) in [4.78, 5) is 11.4. The van der Waals surface area contributed by atoms with Crippen LogP contribution in [0.15, 0.2) is 0 Å². The van der Waals surface area contributed by atoms with E-state index in [4.69, 9.17) is 4.74 Å². The molecule has 1 unspecified atom stereocenters. The fourth-order valence-corrected chi connectivity index (χ4v) is 1.89. The van der Waals surface area contributed by atoms with Gasteiger partial charge in [-0.15, -0.1) is 0 Å². The van der Waals surface area contributed by atoms with E-state index in [1.807, 2.05) is 0 Å². The highest BCUT2D eigenvalue weighted by molar-refractivity contribution is 5.78. The van der Waals surface area contributed by atoms with E-state index in [1.165, 1.54) is 19.3 Å². The van der Waals surface area contributed by atoms with Crippen molar-refractivity contribution in [3.63, 3.8) is 0 Å². The molecule has 1 heterocycles. The van der Waals surface area contributed by atoms with Gasteiger partial charge in [0.25, 0.3) is 0 Å². The predicted octanol–water partition coefficient (Wildman–Crippen LogP) is 3.10. The Bertz CT molecular complexity index is 160. The van der Waals surface area contributed by atoms with Gasteiger partial charge in [0.05, 0.1) is 6.10 Å². The van der Waals surface area contributed by atoms with Crippen LogP contribution in [0.25, 0.3) is 0 Å². The van der Waals surface area contributed by atoms with Crippen molar-refractivity contribution in [2.45, 2.75) is 64.4 Å². The van der Waals surface area contributed by atoms with Gasteiger partial charge in [0.2, 0.25) is 0 Å². The monoisotopic (exact) mass is 198 g/mol. The molecule has 1 atom stereocenters. The summed E-state index contributed by atoms with van der Waals surface area (Å²) in [5, 5.41) is 0. The van der Waals surface area contributed by atoms with E-state index >= 15 is 0 Å². The predicted molar refractivity (Wildman–Crippen MR) is 57.4 cm³/mol. The maximum atomic E-state index is 11.4. The average Bonchev–Trinajstić information content (AvgIpc) is 2.68. The van der Waals surface area contributed by atoms with Gasteiger partial charge >= 0.3 is 0 Å². The fourth-order valence-electron chi connectivity index (χ4n) is 1.89. The van der Waals surface area contributed by atoms with Crippen LogP contribution in [0.1, 0.15) is 58.3 Å². The number of ketones is 1. The van der Waals surface area contributed by atoms with Crippen LogP contribution < -0.4 is 0 Å². The van der Waals surface area contributed by atoms with Gasteiger partial charge in [0.1, 0.15) is 5.78 Å². The Kier molecular flexibility index (Phi) is 5.85. The van der Waals surface area contributed by atoms with Crippen molar-refractivity contribution < 1.29 is 9.53 Å². The summed E-state index contributed by atoms with van der Waals surface area (Å²) in [6, 6.07) is 0. The molecule has 2 nitrogen and oxygen atoms in total. The Hall–Kier alpha value is -0.370. The molecule has 14 heavy (non-hydrogen) atoms. The summed E-state index contributed by atoms with van der Waals surface area (Å²) in [7, 11) is 0. The van der Waals surface area contributed by atoms with E-state index in [0.29, 0.717) is 11.9 Å². The third-order valence-electron chi connectivity index (χ3n) is 2.83. The molecule has 1 rings (SSSR count). The minimum atomic E-state index is 0.380. The molecule has 1 aliphatic rings. The van der Waals surface area contributed by atoms with Crippen LogP contribution in [0.5, 0.6) is 0 Å². The molecule has 1 aliphatic heterocycles. The third-order valence-corrected chi connectivity index (χ3v) is 2.83. The van der Waals surface area contributed by atoms with Gasteiger partial charge in [-0.2, -0.15) is 0 Å². The van der Waals surface area contributed by atoms with Crippen molar-refractivity contribution in [2.75, 3.05) is 6.61 Å². The van der Waals surface area contributed by atoms with Gasteiger partial charge < -0.3 is 4.74 Å². The lowest BCUT2D eigenvalue weighted by molar-refractivity contribution is -0.119. The maximum Gasteiger partial charge on any atom is 0.133 e. The van der Waals surface area contributed by atoms with Crippen LogP contribution in [0.4, 0.5) is 0 Å². The van der Waals surface area contributed by atoms with Gasteiger partial charge in [-0.3, -0.25) is 4.79 Å². The number of Topliss-reactive ketones (excluding diaryl/α,β-unsaturated/α-hetero) is 1. The van der Waals surface area contributed by atoms with Crippen LogP contribution in [-0.4, -0.2) is 18.5 Å². The highest BCUT2D eigenvalue weighted by Crippen LogP contribution is 2.17. The van der Waals surface area contributed by atoms with Crippen LogP contribution in [0.2, 0.25) is 0 Å². The zero-order valence-electron chi connectivity index (χ0n) is 9.26. The Labute approximate surface area is 87.0 Å². The molecule has 0 aliphatic carbocycles. The highest BCUT2D eigenvalue weighted by atomic mass is 16.5. The molecule has 0 saturated carbocycles. The first-order valence-electron chi connectivity index (χ1n) is 5.96. The standard InChI is InChI=1S/C12H22O2/c1-2-3-4-6-11(13)8-9-12-7-5-10-14-12/h12H,2-10H2,1H3. The molecule has 0 aromatic rings. The quantitative estimate of drug-likeness (QED) is 0.588. The minimum Gasteiger partial charge on any atom is -0.378 e. The molecule has 82 valence electrons. The van der Waals surface area contributed by atoms with Gasteiger partial charge in [-0.1, -0.05) is 19.8 Å². The SMILES string of the molecule is CCCCCC(=O)CCC1CCCO1. The topological polar surface area (TPSA) is 26.3 Å². The zero-order chi connectivity index (χ0) is 10.2. The lowest BCUT2D eigenvalue weighted by Gasteiger charge is -2.07. The number of hydrogen-bond donors (Lipinski definition) is 0. The minimum absolute atomic E-state index is 0.380. The first-order valence-corrected chi connectivity index (χ1v) is 5.96.